The van der Waals surface area contributed by atoms with E-state index in [0.717, 1.165) is 31.0 Å². The molecule has 0 radical (unpaired) electrons. The minimum Gasteiger partial charge on any atom is -0.461 e. The van der Waals surface area contributed by atoms with Crippen LogP contribution in [0.1, 0.15) is 37.5 Å². The smallest absolute Gasteiger partial charge is 0.134 e. The normalized spacial score (nSPS) is 19.5. The Kier molecular flexibility index (Phi) is 4.61. The van der Waals surface area contributed by atoms with Gasteiger partial charge in [-0.15, -0.1) is 0 Å². The molecule has 1 saturated heterocycles. The summed E-state index contributed by atoms with van der Waals surface area (Å²) in [5.41, 5.74) is 2.36. The van der Waals surface area contributed by atoms with Gasteiger partial charge in [-0.1, -0.05) is 31.5 Å². The van der Waals surface area contributed by atoms with E-state index in [0.29, 0.717) is 6.04 Å². The third-order valence-corrected chi connectivity index (χ3v) is 4.62. The van der Waals surface area contributed by atoms with Crippen LogP contribution >= 0.6 is 0 Å². The highest BCUT2D eigenvalue weighted by atomic mass is 16.3. The fourth-order valence-electron chi connectivity index (χ4n) is 3.34. The predicted molar refractivity (Wildman–Crippen MR) is 87.5 cm³/mol. The summed E-state index contributed by atoms with van der Waals surface area (Å²) in [7, 11) is 0. The van der Waals surface area contributed by atoms with Crippen LogP contribution < -0.4 is 5.32 Å². The number of likely N-dealkylation sites (N-methyl/N-ethyl adjacent to an activating group) is 1. The van der Waals surface area contributed by atoms with Gasteiger partial charge < -0.3 is 9.73 Å². The second-order valence-electron chi connectivity index (χ2n) is 6.11. The van der Waals surface area contributed by atoms with Gasteiger partial charge in [0.1, 0.15) is 11.3 Å². The van der Waals surface area contributed by atoms with E-state index in [1.165, 1.54) is 36.8 Å². The van der Waals surface area contributed by atoms with Gasteiger partial charge in [-0.3, -0.25) is 4.90 Å². The summed E-state index contributed by atoms with van der Waals surface area (Å²) in [6.07, 6.45) is 4.00. The lowest BCUT2D eigenvalue weighted by Gasteiger charge is -2.29. The molecule has 2 heterocycles. The third-order valence-electron chi connectivity index (χ3n) is 4.62. The summed E-state index contributed by atoms with van der Waals surface area (Å²) < 4.78 is 5.89. The molecule has 1 fully saturated rings. The Morgan fingerprint density at radius 1 is 1.29 bits per heavy atom. The summed E-state index contributed by atoms with van der Waals surface area (Å²) in [5, 5.41) is 4.92. The van der Waals surface area contributed by atoms with Crippen LogP contribution in [0.25, 0.3) is 11.0 Å². The van der Waals surface area contributed by atoms with Gasteiger partial charge >= 0.3 is 0 Å². The minimum absolute atomic E-state index is 0.650. The van der Waals surface area contributed by atoms with Crippen molar-refractivity contribution in [2.24, 2.45) is 0 Å². The first-order valence-electron chi connectivity index (χ1n) is 8.20. The minimum atomic E-state index is 0.650. The molecule has 1 aromatic heterocycles. The Bertz CT molecular complexity index is 584. The van der Waals surface area contributed by atoms with Gasteiger partial charge in [0.15, 0.2) is 0 Å². The molecule has 3 rings (SSSR count). The summed E-state index contributed by atoms with van der Waals surface area (Å²) in [6, 6.07) is 9.02. The molecule has 2 aromatic rings. The number of furan rings is 1. The summed E-state index contributed by atoms with van der Waals surface area (Å²) >= 11 is 0. The molecule has 0 spiro atoms. The van der Waals surface area contributed by atoms with Crippen LogP contribution in [0.2, 0.25) is 0 Å². The van der Waals surface area contributed by atoms with Crippen molar-refractivity contribution >= 4 is 11.0 Å². The average Bonchev–Trinajstić information content (AvgIpc) is 2.83. The number of rotatable bonds is 5. The standard InChI is InChI=1S/C18H26N2O/c1-3-20(12-15-8-6-7-11-19-15)13-17-14(2)21-18-10-5-4-9-16(17)18/h4-5,9-10,15,19H,3,6-8,11-13H2,1-2H3. The zero-order valence-corrected chi connectivity index (χ0v) is 13.2. The molecule has 0 bridgehead atoms. The Morgan fingerprint density at radius 2 is 2.14 bits per heavy atom. The number of piperidine rings is 1. The highest BCUT2D eigenvalue weighted by molar-refractivity contribution is 5.82. The van der Waals surface area contributed by atoms with E-state index in [-0.39, 0.29) is 0 Å². The van der Waals surface area contributed by atoms with Crippen molar-refractivity contribution in [2.45, 2.75) is 45.7 Å². The van der Waals surface area contributed by atoms with Crippen LogP contribution in [-0.4, -0.2) is 30.6 Å². The zero-order valence-electron chi connectivity index (χ0n) is 13.2. The Hall–Kier alpha value is -1.32. The van der Waals surface area contributed by atoms with Gasteiger partial charge in [0.2, 0.25) is 0 Å². The first-order valence-corrected chi connectivity index (χ1v) is 8.20. The molecule has 1 unspecified atom stereocenters. The molecule has 1 atom stereocenters. The van der Waals surface area contributed by atoms with E-state index in [2.05, 4.69) is 42.3 Å². The maximum absolute atomic E-state index is 5.89. The topological polar surface area (TPSA) is 28.4 Å². The maximum atomic E-state index is 5.89. The monoisotopic (exact) mass is 286 g/mol. The number of fused-ring (bicyclic) bond motifs is 1. The lowest BCUT2D eigenvalue weighted by molar-refractivity contribution is 0.226. The molecule has 114 valence electrons. The second kappa shape index (κ2) is 6.63. The van der Waals surface area contributed by atoms with Crippen molar-refractivity contribution in [1.29, 1.82) is 0 Å². The molecule has 3 nitrogen and oxygen atoms in total. The van der Waals surface area contributed by atoms with Gasteiger partial charge in [0.25, 0.3) is 0 Å². The van der Waals surface area contributed by atoms with E-state index >= 15 is 0 Å². The molecule has 0 saturated carbocycles. The van der Waals surface area contributed by atoms with Crippen LogP contribution in [0.4, 0.5) is 0 Å². The Balaban J connectivity index is 1.74. The van der Waals surface area contributed by atoms with Crippen molar-refractivity contribution in [2.75, 3.05) is 19.6 Å². The number of hydrogen-bond acceptors (Lipinski definition) is 3. The van der Waals surface area contributed by atoms with Crippen LogP contribution in [0.3, 0.4) is 0 Å². The van der Waals surface area contributed by atoms with E-state index in [1.807, 2.05) is 6.07 Å². The molecule has 1 aliphatic rings. The van der Waals surface area contributed by atoms with Gasteiger partial charge in [0, 0.05) is 30.1 Å². The first-order chi connectivity index (χ1) is 10.3. The molecular weight excluding hydrogens is 260 g/mol. The van der Waals surface area contributed by atoms with Crippen LogP contribution in [0.5, 0.6) is 0 Å². The van der Waals surface area contributed by atoms with Gasteiger partial charge in [0.05, 0.1) is 0 Å². The molecule has 1 aliphatic heterocycles. The number of para-hydroxylation sites is 1. The fourth-order valence-corrected chi connectivity index (χ4v) is 3.34. The van der Waals surface area contributed by atoms with Gasteiger partial charge in [-0.2, -0.15) is 0 Å². The molecule has 1 aromatic carbocycles. The predicted octanol–water partition coefficient (Wildman–Crippen LogP) is 3.71. The zero-order chi connectivity index (χ0) is 14.7. The van der Waals surface area contributed by atoms with Crippen molar-refractivity contribution in [3.05, 3.63) is 35.6 Å². The number of benzene rings is 1. The third kappa shape index (κ3) is 3.30. The number of hydrogen-bond donors (Lipinski definition) is 1. The second-order valence-corrected chi connectivity index (χ2v) is 6.11. The molecule has 21 heavy (non-hydrogen) atoms. The van der Waals surface area contributed by atoms with Crippen molar-refractivity contribution in [1.82, 2.24) is 10.2 Å². The van der Waals surface area contributed by atoms with Gasteiger partial charge in [-0.25, -0.2) is 0 Å². The highest BCUT2D eigenvalue weighted by Crippen LogP contribution is 2.26. The number of nitrogens with one attached hydrogen (secondary N) is 1. The molecule has 0 amide bonds. The van der Waals surface area contributed by atoms with E-state index in [9.17, 15) is 0 Å². The van der Waals surface area contributed by atoms with Crippen molar-refractivity contribution < 1.29 is 4.42 Å². The number of aryl methyl sites for hydroxylation is 1. The summed E-state index contributed by atoms with van der Waals surface area (Å²) in [4.78, 5) is 2.54. The van der Waals surface area contributed by atoms with Crippen LogP contribution in [0, 0.1) is 6.92 Å². The highest BCUT2D eigenvalue weighted by Gasteiger charge is 2.18. The fraction of sp³-hybridized carbons (Fsp3) is 0.556. The number of nitrogens with zero attached hydrogens (tertiary/aromatic N) is 1. The Labute approximate surface area is 127 Å². The van der Waals surface area contributed by atoms with Crippen LogP contribution in [0.15, 0.2) is 28.7 Å². The summed E-state index contributed by atoms with van der Waals surface area (Å²) in [6.45, 7) is 8.71. The molecular formula is C18H26N2O. The quantitative estimate of drug-likeness (QED) is 0.908. The van der Waals surface area contributed by atoms with E-state index in [4.69, 9.17) is 4.42 Å². The average molecular weight is 286 g/mol. The molecule has 1 N–H and O–H groups in total. The van der Waals surface area contributed by atoms with Crippen LogP contribution in [-0.2, 0) is 6.54 Å². The lowest BCUT2D eigenvalue weighted by Crippen LogP contribution is -2.43. The van der Waals surface area contributed by atoms with E-state index < -0.39 is 0 Å². The first kappa shape index (κ1) is 14.6. The Morgan fingerprint density at radius 3 is 2.90 bits per heavy atom. The van der Waals surface area contributed by atoms with Crippen molar-refractivity contribution in [3.8, 4) is 0 Å². The maximum Gasteiger partial charge on any atom is 0.134 e. The SMILES string of the molecule is CCN(Cc1c(C)oc2ccccc12)CC1CCCCN1. The molecule has 0 aliphatic carbocycles. The summed E-state index contributed by atoms with van der Waals surface area (Å²) in [5.74, 6) is 1.06. The lowest BCUT2D eigenvalue weighted by atomic mass is 10.0. The van der Waals surface area contributed by atoms with Gasteiger partial charge in [-0.05, 0) is 38.9 Å². The molecule has 3 heteroatoms. The van der Waals surface area contributed by atoms with E-state index in [1.54, 1.807) is 0 Å². The largest absolute Gasteiger partial charge is 0.461 e. The van der Waals surface area contributed by atoms with Crippen molar-refractivity contribution in [3.63, 3.8) is 0 Å².